The molecule has 0 amide bonds. The fourth-order valence-corrected chi connectivity index (χ4v) is 1.90. The first-order valence-electron chi connectivity index (χ1n) is 6.57. The van der Waals surface area contributed by atoms with Crippen molar-refractivity contribution in [3.05, 3.63) is 78.9 Å². The molecule has 0 aliphatic heterocycles. The molecule has 0 aromatic heterocycles. The van der Waals surface area contributed by atoms with Gasteiger partial charge in [0.2, 0.25) is 0 Å². The predicted octanol–water partition coefficient (Wildman–Crippen LogP) is 1.35. The van der Waals surface area contributed by atoms with E-state index in [0.29, 0.717) is 17.2 Å². The number of para-hydroxylation sites is 1. The average Bonchev–Trinajstić information content (AvgIpc) is 2.49. The van der Waals surface area contributed by atoms with Crippen LogP contribution in [0, 0.1) is 0 Å². The number of rotatable bonds is 4. The van der Waals surface area contributed by atoms with Crippen LogP contribution in [-0.4, -0.2) is 0 Å². The van der Waals surface area contributed by atoms with E-state index in [-0.39, 0.29) is 35.3 Å². The maximum Gasteiger partial charge on any atom is 1.00 e. The maximum atomic E-state index is 11.3. The molecule has 104 valence electrons. The Balaban J connectivity index is 0.00000176. The molecule has 3 rings (SSSR count). The Labute approximate surface area is 151 Å². The molecule has 3 nitrogen and oxygen atoms in total. The van der Waals surface area contributed by atoms with Crippen LogP contribution in [0.15, 0.2) is 78.9 Å². The quantitative estimate of drug-likeness (QED) is 0.683. The van der Waals surface area contributed by atoms with Crippen molar-refractivity contribution in [2.24, 2.45) is 0 Å². The van der Waals surface area contributed by atoms with E-state index in [1.165, 1.54) is 12.1 Å². The van der Waals surface area contributed by atoms with Gasteiger partial charge in [0.1, 0.15) is 23.0 Å². The van der Waals surface area contributed by atoms with E-state index in [2.05, 4.69) is 0 Å². The molecule has 0 fully saturated rings. The van der Waals surface area contributed by atoms with Crippen molar-refractivity contribution in [3.63, 3.8) is 0 Å². The molecule has 0 saturated heterocycles. The summed E-state index contributed by atoms with van der Waals surface area (Å²) >= 11 is 0. The largest absolute Gasteiger partial charge is 1.00 e. The van der Waals surface area contributed by atoms with Gasteiger partial charge in [-0.3, -0.25) is 0 Å². The molecule has 3 aromatic rings. The molecule has 0 spiro atoms. The Bertz CT molecular complexity index is 729. The van der Waals surface area contributed by atoms with E-state index in [1.807, 2.05) is 48.5 Å². The Morgan fingerprint density at radius 2 is 1.05 bits per heavy atom. The second-order valence-corrected chi connectivity index (χ2v) is 4.47. The molecule has 0 N–H and O–H groups in total. The summed E-state index contributed by atoms with van der Waals surface area (Å²) in [5, 5.41) is 11.3. The van der Waals surface area contributed by atoms with Gasteiger partial charge in [-0.2, -0.15) is 0 Å². The van der Waals surface area contributed by atoms with Crippen LogP contribution < -0.4 is 44.1 Å². The van der Waals surface area contributed by atoms with Gasteiger partial charge in [-0.15, -0.1) is 5.75 Å². The minimum atomic E-state index is -0.0795. The summed E-state index contributed by atoms with van der Waals surface area (Å²) in [6.45, 7) is 0. The van der Waals surface area contributed by atoms with E-state index in [4.69, 9.17) is 9.47 Å². The van der Waals surface area contributed by atoms with Crippen molar-refractivity contribution in [1.82, 2.24) is 0 Å². The molecule has 0 heterocycles. The topological polar surface area (TPSA) is 41.5 Å². The van der Waals surface area contributed by atoms with Gasteiger partial charge in [0, 0.05) is 6.07 Å². The molecule has 22 heavy (non-hydrogen) atoms. The summed E-state index contributed by atoms with van der Waals surface area (Å²) in [7, 11) is 0. The number of hydrogen-bond donors (Lipinski definition) is 0. The first-order chi connectivity index (χ1) is 10.3. The molecule has 4 heteroatoms. The Morgan fingerprint density at radius 3 is 1.68 bits per heavy atom. The van der Waals surface area contributed by atoms with Crippen molar-refractivity contribution in [3.8, 4) is 28.7 Å². The minimum Gasteiger partial charge on any atom is -0.872 e. The van der Waals surface area contributed by atoms with Gasteiger partial charge < -0.3 is 14.6 Å². The number of ether oxygens (including phenoxy) is 2. The van der Waals surface area contributed by atoms with E-state index in [9.17, 15) is 5.11 Å². The second-order valence-electron chi connectivity index (χ2n) is 4.47. The average molecular weight is 300 g/mol. The van der Waals surface area contributed by atoms with Gasteiger partial charge >= 0.3 is 29.6 Å². The van der Waals surface area contributed by atoms with Gasteiger partial charge in [0.15, 0.2) is 0 Å². The molecular formula is C18H13NaO3. The molecular weight excluding hydrogens is 287 g/mol. The van der Waals surface area contributed by atoms with Crippen LogP contribution in [0.25, 0.3) is 0 Å². The third-order valence-corrected chi connectivity index (χ3v) is 2.83. The smallest absolute Gasteiger partial charge is 0.872 e. The van der Waals surface area contributed by atoms with Gasteiger partial charge in [0.25, 0.3) is 0 Å². The summed E-state index contributed by atoms with van der Waals surface area (Å²) < 4.78 is 11.4. The fraction of sp³-hybridized carbons (Fsp3) is 0. The van der Waals surface area contributed by atoms with E-state index >= 15 is 0 Å². The zero-order valence-corrected chi connectivity index (χ0v) is 14.2. The summed E-state index contributed by atoms with van der Waals surface area (Å²) in [5.41, 5.74) is 0. The monoisotopic (exact) mass is 300 g/mol. The standard InChI is InChI=1S/C18H14O3.Na/c19-14-6-4-9-16(12-14)21-18-11-5-10-17(13-18)20-15-7-2-1-3-8-15;/h1-13,19H;/q;+1/p-1. The predicted molar refractivity (Wildman–Crippen MR) is 78.9 cm³/mol. The van der Waals surface area contributed by atoms with Crippen LogP contribution in [0.1, 0.15) is 0 Å². The van der Waals surface area contributed by atoms with Crippen LogP contribution >= 0.6 is 0 Å². The number of hydrogen-bond acceptors (Lipinski definition) is 3. The van der Waals surface area contributed by atoms with Gasteiger partial charge in [-0.25, -0.2) is 0 Å². The molecule has 0 atom stereocenters. The summed E-state index contributed by atoms with van der Waals surface area (Å²) in [6, 6.07) is 23.2. The fourth-order valence-electron chi connectivity index (χ4n) is 1.90. The van der Waals surface area contributed by atoms with Gasteiger partial charge in [-0.1, -0.05) is 36.4 Å². The van der Waals surface area contributed by atoms with Gasteiger partial charge in [-0.05, 0) is 36.4 Å². The minimum absolute atomic E-state index is 0. The Hall–Kier alpha value is -1.94. The van der Waals surface area contributed by atoms with Crippen molar-refractivity contribution >= 4 is 0 Å². The third kappa shape index (κ3) is 4.53. The Kier molecular flexibility index (Phi) is 5.90. The van der Waals surface area contributed by atoms with Crippen LogP contribution in [0.2, 0.25) is 0 Å². The normalized spacial score (nSPS) is 9.64. The maximum absolute atomic E-state index is 11.3. The first-order valence-corrected chi connectivity index (χ1v) is 6.57. The summed E-state index contributed by atoms with van der Waals surface area (Å²) in [4.78, 5) is 0. The summed E-state index contributed by atoms with van der Waals surface area (Å²) in [5.74, 6) is 2.49. The molecule has 0 unspecified atom stereocenters. The van der Waals surface area contributed by atoms with E-state index < -0.39 is 0 Å². The van der Waals surface area contributed by atoms with E-state index in [0.717, 1.165) is 5.75 Å². The first kappa shape index (κ1) is 16.4. The van der Waals surface area contributed by atoms with E-state index in [1.54, 1.807) is 18.2 Å². The zero-order valence-electron chi connectivity index (χ0n) is 12.2. The second kappa shape index (κ2) is 7.90. The van der Waals surface area contributed by atoms with Crippen molar-refractivity contribution in [1.29, 1.82) is 0 Å². The van der Waals surface area contributed by atoms with Crippen LogP contribution in [0.4, 0.5) is 0 Å². The SMILES string of the molecule is [Na+].[O-]c1cccc(Oc2cccc(Oc3ccccc3)c2)c1. The van der Waals surface area contributed by atoms with Gasteiger partial charge in [0.05, 0.1) is 0 Å². The molecule has 0 bridgehead atoms. The molecule has 0 aliphatic rings. The number of benzene rings is 3. The van der Waals surface area contributed by atoms with Crippen molar-refractivity contribution in [2.75, 3.05) is 0 Å². The summed E-state index contributed by atoms with van der Waals surface area (Å²) in [6.07, 6.45) is 0. The van der Waals surface area contributed by atoms with Crippen molar-refractivity contribution in [2.45, 2.75) is 0 Å². The molecule has 3 aromatic carbocycles. The zero-order chi connectivity index (χ0) is 14.5. The van der Waals surface area contributed by atoms with Crippen LogP contribution in [0.5, 0.6) is 28.7 Å². The molecule has 0 aliphatic carbocycles. The molecule has 0 radical (unpaired) electrons. The molecule has 0 saturated carbocycles. The van der Waals surface area contributed by atoms with Crippen molar-refractivity contribution < 1.29 is 44.1 Å². The van der Waals surface area contributed by atoms with Crippen LogP contribution in [0.3, 0.4) is 0 Å². The Morgan fingerprint density at radius 1 is 0.545 bits per heavy atom. The van der Waals surface area contributed by atoms with Crippen LogP contribution in [-0.2, 0) is 0 Å². The third-order valence-electron chi connectivity index (χ3n) is 2.83.